The van der Waals surface area contributed by atoms with Crippen LogP contribution in [0.1, 0.15) is 19.1 Å². The van der Waals surface area contributed by atoms with Crippen LogP contribution in [-0.4, -0.2) is 11.8 Å². The normalized spacial score (nSPS) is 10.2. The molecule has 0 saturated carbocycles. The van der Waals surface area contributed by atoms with Gasteiger partial charge in [0.15, 0.2) is 5.76 Å². The summed E-state index contributed by atoms with van der Waals surface area (Å²) in [5.41, 5.74) is 0. The Morgan fingerprint density at radius 2 is 2.42 bits per heavy atom. The van der Waals surface area contributed by atoms with Gasteiger partial charge in [0.2, 0.25) is 5.82 Å². The summed E-state index contributed by atoms with van der Waals surface area (Å²) in [6, 6.07) is 0. The smallest absolute Gasteiger partial charge is 0.291 e. The van der Waals surface area contributed by atoms with Crippen LogP contribution in [0.15, 0.2) is 4.52 Å². The van der Waals surface area contributed by atoms with Crippen molar-refractivity contribution >= 4 is 15.9 Å². The number of alkyl halides is 1. The Balaban J connectivity index is 2.66. The van der Waals surface area contributed by atoms with Crippen molar-refractivity contribution in [3.05, 3.63) is 11.6 Å². The van der Waals surface area contributed by atoms with Crippen molar-refractivity contribution < 1.29 is 13.7 Å². The molecule has 0 aliphatic heterocycles. The van der Waals surface area contributed by atoms with Crippen LogP contribution in [0.3, 0.4) is 0 Å². The fourth-order valence-electron chi connectivity index (χ4n) is 0.667. The number of aromatic nitrogens is 1. The first-order chi connectivity index (χ1) is 5.79. The molecule has 1 aromatic heterocycles. The fraction of sp³-hybridized carbons (Fsp3) is 0.571. The number of ether oxygens (including phenoxy) is 1. The number of halogens is 2. The summed E-state index contributed by atoms with van der Waals surface area (Å²) in [7, 11) is 0. The SMILES string of the molecule is CCCOc1noc(CBr)c1F. The fourth-order valence-corrected chi connectivity index (χ4v) is 1.02. The van der Waals surface area contributed by atoms with Gasteiger partial charge < -0.3 is 9.26 Å². The lowest BCUT2D eigenvalue weighted by molar-refractivity contribution is 0.271. The van der Waals surface area contributed by atoms with E-state index in [9.17, 15) is 4.39 Å². The van der Waals surface area contributed by atoms with Crippen LogP contribution in [0.25, 0.3) is 0 Å². The standard InChI is InChI=1S/C7H9BrFNO2/c1-2-3-11-7-6(9)5(4-8)12-10-7/h2-4H2,1H3. The lowest BCUT2D eigenvalue weighted by Crippen LogP contribution is -1.96. The minimum atomic E-state index is -0.514. The van der Waals surface area contributed by atoms with Gasteiger partial charge in [-0.05, 0) is 11.6 Å². The van der Waals surface area contributed by atoms with E-state index in [1.54, 1.807) is 0 Å². The van der Waals surface area contributed by atoms with Crippen molar-refractivity contribution in [2.24, 2.45) is 0 Å². The molecule has 0 aliphatic rings. The van der Waals surface area contributed by atoms with Gasteiger partial charge in [0.1, 0.15) is 0 Å². The van der Waals surface area contributed by atoms with Crippen LogP contribution < -0.4 is 4.74 Å². The van der Waals surface area contributed by atoms with E-state index in [2.05, 4.69) is 25.6 Å². The van der Waals surface area contributed by atoms with Crippen molar-refractivity contribution in [2.75, 3.05) is 6.61 Å². The van der Waals surface area contributed by atoms with Crippen LogP contribution >= 0.6 is 15.9 Å². The molecule has 0 spiro atoms. The molecular weight excluding hydrogens is 229 g/mol. The summed E-state index contributed by atoms with van der Waals surface area (Å²) in [6.07, 6.45) is 0.815. The van der Waals surface area contributed by atoms with E-state index in [4.69, 9.17) is 4.74 Å². The highest BCUT2D eigenvalue weighted by Crippen LogP contribution is 2.20. The first-order valence-electron chi connectivity index (χ1n) is 3.62. The highest BCUT2D eigenvalue weighted by Gasteiger charge is 2.15. The summed E-state index contributed by atoms with van der Waals surface area (Å²) >= 11 is 3.06. The largest absolute Gasteiger partial charge is 0.473 e. The summed E-state index contributed by atoms with van der Waals surface area (Å²) in [6.45, 7) is 2.38. The van der Waals surface area contributed by atoms with Crippen molar-refractivity contribution in [2.45, 2.75) is 18.7 Å². The number of nitrogens with zero attached hydrogens (tertiary/aromatic N) is 1. The summed E-state index contributed by atoms with van der Waals surface area (Å²) in [4.78, 5) is 0. The molecule has 1 heterocycles. The molecule has 0 bridgehead atoms. The van der Waals surface area contributed by atoms with E-state index in [0.717, 1.165) is 6.42 Å². The third kappa shape index (κ3) is 1.97. The minimum absolute atomic E-state index is 0.0497. The summed E-state index contributed by atoms with van der Waals surface area (Å²) in [5.74, 6) is -0.396. The molecule has 3 nitrogen and oxygen atoms in total. The molecule has 0 amide bonds. The van der Waals surface area contributed by atoms with Gasteiger partial charge in [-0.3, -0.25) is 0 Å². The summed E-state index contributed by atoms with van der Waals surface area (Å²) < 4.78 is 22.7. The molecule has 0 aromatic carbocycles. The molecule has 1 rings (SSSR count). The first-order valence-corrected chi connectivity index (χ1v) is 4.74. The first kappa shape index (κ1) is 9.51. The lowest BCUT2D eigenvalue weighted by Gasteiger charge is -1.96. The highest BCUT2D eigenvalue weighted by atomic mass is 79.9. The monoisotopic (exact) mass is 237 g/mol. The molecule has 0 N–H and O–H groups in total. The zero-order valence-electron chi connectivity index (χ0n) is 6.64. The lowest BCUT2D eigenvalue weighted by atomic mass is 10.5. The topological polar surface area (TPSA) is 35.3 Å². The van der Waals surface area contributed by atoms with Gasteiger partial charge in [-0.25, -0.2) is 0 Å². The van der Waals surface area contributed by atoms with Crippen LogP contribution in [-0.2, 0) is 5.33 Å². The van der Waals surface area contributed by atoms with Gasteiger partial charge in [-0.2, -0.15) is 4.39 Å². The van der Waals surface area contributed by atoms with E-state index in [-0.39, 0.29) is 11.6 Å². The molecule has 0 unspecified atom stereocenters. The van der Waals surface area contributed by atoms with Crippen molar-refractivity contribution in [3.8, 4) is 5.88 Å². The molecule has 0 saturated heterocycles. The van der Waals surface area contributed by atoms with E-state index in [1.807, 2.05) is 6.92 Å². The quantitative estimate of drug-likeness (QED) is 0.756. The van der Waals surface area contributed by atoms with Crippen molar-refractivity contribution in [3.63, 3.8) is 0 Å². The predicted octanol–water partition coefficient (Wildman–Crippen LogP) is 2.50. The molecule has 5 heteroatoms. The Hall–Kier alpha value is -0.580. The van der Waals surface area contributed by atoms with Gasteiger partial charge in [0.05, 0.1) is 11.9 Å². The molecule has 0 fully saturated rings. The van der Waals surface area contributed by atoms with Crippen LogP contribution in [0.5, 0.6) is 5.88 Å². The van der Waals surface area contributed by atoms with Gasteiger partial charge in [0, 0.05) is 0 Å². The highest BCUT2D eigenvalue weighted by molar-refractivity contribution is 9.08. The Bertz CT molecular complexity index is 252. The van der Waals surface area contributed by atoms with Gasteiger partial charge in [0.25, 0.3) is 5.88 Å². The molecule has 0 atom stereocenters. The van der Waals surface area contributed by atoms with Crippen molar-refractivity contribution in [1.29, 1.82) is 0 Å². The van der Waals surface area contributed by atoms with Crippen LogP contribution in [0.2, 0.25) is 0 Å². The third-order valence-electron chi connectivity index (χ3n) is 1.24. The molecule has 0 radical (unpaired) electrons. The second kappa shape index (κ2) is 4.45. The molecule has 1 aromatic rings. The van der Waals surface area contributed by atoms with E-state index < -0.39 is 5.82 Å². The summed E-state index contributed by atoms with van der Waals surface area (Å²) in [5, 5.41) is 3.73. The number of hydrogen-bond donors (Lipinski definition) is 0. The second-order valence-electron chi connectivity index (χ2n) is 2.21. The molecule has 68 valence electrons. The predicted molar refractivity (Wildman–Crippen MR) is 44.9 cm³/mol. The Labute approximate surface area is 78.0 Å². The average molecular weight is 238 g/mol. The maximum absolute atomic E-state index is 13.0. The Morgan fingerprint density at radius 1 is 1.67 bits per heavy atom. The van der Waals surface area contributed by atoms with Crippen LogP contribution in [0.4, 0.5) is 4.39 Å². The van der Waals surface area contributed by atoms with Gasteiger partial charge in [-0.15, -0.1) is 0 Å². The Kier molecular flexibility index (Phi) is 3.52. The zero-order chi connectivity index (χ0) is 8.97. The number of rotatable bonds is 4. The molecular formula is C7H9BrFNO2. The van der Waals surface area contributed by atoms with Crippen LogP contribution in [0, 0.1) is 5.82 Å². The van der Waals surface area contributed by atoms with Gasteiger partial charge >= 0.3 is 0 Å². The minimum Gasteiger partial charge on any atom is -0.473 e. The molecule has 12 heavy (non-hydrogen) atoms. The Morgan fingerprint density at radius 3 is 2.92 bits per heavy atom. The maximum Gasteiger partial charge on any atom is 0.291 e. The van der Waals surface area contributed by atoms with E-state index >= 15 is 0 Å². The zero-order valence-corrected chi connectivity index (χ0v) is 8.23. The number of hydrogen-bond acceptors (Lipinski definition) is 3. The maximum atomic E-state index is 13.0. The van der Waals surface area contributed by atoms with E-state index in [0.29, 0.717) is 11.9 Å². The third-order valence-corrected chi connectivity index (χ3v) is 1.74. The second-order valence-corrected chi connectivity index (χ2v) is 2.77. The van der Waals surface area contributed by atoms with E-state index in [1.165, 1.54) is 0 Å². The molecule has 0 aliphatic carbocycles. The van der Waals surface area contributed by atoms with Gasteiger partial charge in [-0.1, -0.05) is 22.9 Å². The average Bonchev–Trinajstić information content (AvgIpc) is 2.43. The van der Waals surface area contributed by atoms with Crippen molar-refractivity contribution in [1.82, 2.24) is 5.16 Å².